The predicted octanol–water partition coefficient (Wildman–Crippen LogP) is -1.39. The molecule has 13 N–H and O–H groups in total. The summed E-state index contributed by atoms with van der Waals surface area (Å²) in [5.41, 5.74) is 7.53. The van der Waals surface area contributed by atoms with Gasteiger partial charge in [0.25, 0.3) is 0 Å². The molecular weight excluding hydrogens is 861 g/mol. The number of hydroxylamine groups is 1. The summed E-state index contributed by atoms with van der Waals surface area (Å²) in [6.07, 6.45) is 3.91. The van der Waals surface area contributed by atoms with Gasteiger partial charge in [0.1, 0.15) is 23.9 Å². The third-order valence-corrected chi connectivity index (χ3v) is 12.3. The first-order valence-corrected chi connectivity index (χ1v) is 22.7. The number of benzene rings is 1. The number of urea groups is 1. The summed E-state index contributed by atoms with van der Waals surface area (Å²) in [6.45, 7) is 2.92. The Labute approximate surface area is 375 Å². The molecule has 1 unspecified atom stereocenters. The van der Waals surface area contributed by atoms with Crippen molar-refractivity contribution in [1.29, 1.82) is 0 Å². The molecule has 0 aromatic heterocycles. The van der Waals surface area contributed by atoms with E-state index in [0.29, 0.717) is 36.6 Å². The minimum atomic E-state index is -1.27. The van der Waals surface area contributed by atoms with Gasteiger partial charge < -0.3 is 53.4 Å². The number of rotatable bonds is 28. The predicted molar refractivity (Wildman–Crippen MR) is 235 cm³/mol. The number of hydrogen-bond donors (Lipinski definition) is 13. The largest absolute Gasteiger partial charge is 0.508 e. The van der Waals surface area contributed by atoms with Crippen molar-refractivity contribution in [1.82, 2.24) is 48.0 Å². The molecule has 2 heterocycles. The molecule has 21 nitrogen and oxygen atoms in total. The van der Waals surface area contributed by atoms with Crippen molar-refractivity contribution in [3.05, 3.63) is 29.8 Å². The van der Waals surface area contributed by atoms with E-state index in [4.69, 9.17) is 10.9 Å². The van der Waals surface area contributed by atoms with Crippen LogP contribution in [0.3, 0.4) is 0 Å². The van der Waals surface area contributed by atoms with E-state index in [1.54, 1.807) is 12.1 Å². The van der Waals surface area contributed by atoms with E-state index in [2.05, 4.69) is 55.2 Å². The molecular formula is C40H62N10O11S2. The lowest BCUT2D eigenvalue weighted by Gasteiger charge is -2.25. The molecule has 2 aliphatic rings. The van der Waals surface area contributed by atoms with Gasteiger partial charge in [-0.25, -0.2) is 10.3 Å². The Bertz CT molecular complexity index is 1760. The van der Waals surface area contributed by atoms with Crippen molar-refractivity contribution in [2.75, 3.05) is 31.1 Å². The third-order valence-electron chi connectivity index (χ3n) is 10.4. The fourth-order valence-electron chi connectivity index (χ4n) is 7.08. The zero-order valence-corrected chi connectivity index (χ0v) is 37.2. The number of thioether (sulfide) groups is 1. The van der Waals surface area contributed by atoms with Crippen LogP contribution >= 0.6 is 24.4 Å². The minimum absolute atomic E-state index is 0.0173. The Morgan fingerprint density at radius 2 is 1.51 bits per heavy atom. The fourth-order valence-corrected chi connectivity index (χ4v) is 8.88. The molecule has 0 radical (unpaired) electrons. The van der Waals surface area contributed by atoms with Crippen LogP contribution in [0.2, 0.25) is 0 Å². The van der Waals surface area contributed by atoms with E-state index < -0.39 is 78.5 Å². The molecule has 1 aromatic rings. The summed E-state index contributed by atoms with van der Waals surface area (Å²) in [4.78, 5) is 113. The Hall–Kier alpha value is -5.29. The smallest absolute Gasteiger partial charge is 0.315 e. The van der Waals surface area contributed by atoms with E-state index in [1.165, 1.54) is 17.6 Å². The van der Waals surface area contributed by atoms with E-state index in [-0.39, 0.29) is 67.1 Å². The summed E-state index contributed by atoms with van der Waals surface area (Å²) in [7, 11) is 0. The van der Waals surface area contributed by atoms with Crippen molar-refractivity contribution in [3.63, 3.8) is 0 Å². The Morgan fingerprint density at radius 3 is 2.17 bits per heavy atom. The molecule has 63 heavy (non-hydrogen) atoms. The van der Waals surface area contributed by atoms with E-state index in [9.17, 15) is 48.3 Å². The molecule has 0 saturated carbocycles. The highest BCUT2D eigenvalue weighted by Gasteiger charge is 2.42. The molecule has 350 valence electrons. The number of nitrogens with one attached hydrogen (secondary N) is 9. The van der Waals surface area contributed by atoms with Crippen LogP contribution in [0.25, 0.3) is 0 Å². The van der Waals surface area contributed by atoms with Crippen LogP contribution in [-0.2, 0) is 44.8 Å². The molecule has 10 amide bonds. The third kappa shape index (κ3) is 18.9. The number of hydrogen-bond acceptors (Lipinski definition) is 13. The molecule has 0 bridgehead atoms. The number of carbonyl (C=O) groups is 9. The second-order valence-corrected chi connectivity index (χ2v) is 17.6. The van der Waals surface area contributed by atoms with Crippen LogP contribution in [0.15, 0.2) is 24.3 Å². The molecule has 2 saturated heterocycles. The summed E-state index contributed by atoms with van der Waals surface area (Å²) < 4.78 is 0. The van der Waals surface area contributed by atoms with Crippen LogP contribution in [0.5, 0.6) is 5.75 Å². The van der Waals surface area contributed by atoms with Gasteiger partial charge in [0, 0.05) is 48.5 Å². The van der Waals surface area contributed by atoms with Crippen molar-refractivity contribution in [2.24, 2.45) is 17.6 Å². The number of phenolic OH excluding ortho intramolecular Hbond substituents is 1. The summed E-state index contributed by atoms with van der Waals surface area (Å²) in [5, 5.41) is 40.1. The number of primary amides is 1. The second-order valence-electron chi connectivity index (χ2n) is 16.0. The van der Waals surface area contributed by atoms with Gasteiger partial charge in [-0.15, -0.1) is 0 Å². The Kier molecular flexibility index (Phi) is 22.3. The fraction of sp³-hybridized carbons (Fsp3) is 0.625. The molecule has 0 spiro atoms. The summed E-state index contributed by atoms with van der Waals surface area (Å²) >= 11 is 5.99. The highest BCUT2D eigenvalue weighted by Crippen LogP contribution is 2.33. The maximum Gasteiger partial charge on any atom is 0.315 e. The molecule has 0 aliphatic carbocycles. The van der Waals surface area contributed by atoms with Crippen LogP contribution in [0.4, 0.5) is 4.79 Å². The van der Waals surface area contributed by atoms with Gasteiger partial charge in [-0.3, -0.25) is 43.6 Å². The van der Waals surface area contributed by atoms with Crippen molar-refractivity contribution in [3.8, 4) is 5.75 Å². The quantitative estimate of drug-likeness (QED) is 0.0152. The second kappa shape index (κ2) is 27.0. The molecule has 3 rings (SSSR count). The molecule has 7 atom stereocenters. The Morgan fingerprint density at radius 1 is 0.810 bits per heavy atom. The van der Waals surface area contributed by atoms with Crippen LogP contribution in [0.1, 0.15) is 77.2 Å². The Balaban J connectivity index is 1.38. The number of aromatic hydroxyl groups is 1. The number of fused-ring (bicyclic) bond motifs is 1. The molecule has 23 heteroatoms. The standard InChI is InChI=1S/C40H62N10O11S2/c1-22(2)15-24(17-32(53)50-61)37(57)46-27(16-23-10-12-25(51)13-11-23)39(59)47-28(20-62)38(58)44-18-33(54)43-19-34(55)45-26(36(41)56)7-5-6-14-42-31(52)9-4-3-8-30-35-29(21-63-30)48-40(60)49-35/h10-13,22,24,26-30,35,51,61-62H,3-9,14-21H2,1-2H3,(H2,41,56)(H,42,52)(H,43,54)(H,44,58)(H,45,55)(H,46,57)(H,47,59)(H,50,53)(H2,48,49,60)/t24?,26-,27-,28-,29-,30-,35-/m0/s1. The van der Waals surface area contributed by atoms with Gasteiger partial charge >= 0.3 is 6.03 Å². The number of phenols is 1. The van der Waals surface area contributed by atoms with E-state index in [1.807, 2.05) is 25.6 Å². The van der Waals surface area contributed by atoms with Gasteiger partial charge in [-0.2, -0.15) is 24.4 Å². The normalized spacial score (nSPS) is 18.3. The number of carbonyl (C=O) groups excluding carboxylic acids is 9. The first-order valence-electron chi connectivity index (χ1n) is 21.0. The van der Waals surface area contributed by atoms with Gasteiger partial charge in [0.15, 0.2) is 0 Å². The van der Waals surface area contributed by atoms with Crippen LogP contribution in [0, 0.1) is 11.8 Å². The van der Waals surface area contributed by atoms with Crippen LogP contribution in [-0.4, -0.2) is 130 Å². The first-order chi connectivity index (χ1) is 30.0. The highest BCUT2D eigenvalue weighted by molar-refractivity contribution is 8.00. The lowest BCUT2D eigenvalue weighted by Crippen LogP contribution is -2.56. The van der Waals surface area contributed by atoms with Crippen molar-refractivity contribution < 1.29 is 53.5 Å². The monoisotopic (exact) mass is 922 g/mol. The van der Waals surface area contributed by atoms with Gasteiger partial charge in [0.2, 0.25) is 47.3 Å². The van der Waals surface area contributed by atoms with Gasteiger partial charge in [-0.05, 0) is 62.1 Å². The van der Waals surface area contributed by atoms with Crippen molar-refractivity contribution >= 4 is 77.7 Å². The minimum Gasteiger partial charge on any atom is -0.508 e. The zero-order chi connectivity index (χ0) is 46.5. The average Bonchev–Trinajstić information content (AvgIpc) is 3.80. The number of thiol groups is 1. The zero-order valence-electron chi connectivity index (χ0n) is 35.5. The summed E-state index contributed by atoms with van der Waals surface area (Å²) in [6, 6.07) is 2.49. The maximum atomic E-state index is 13.5. The maximum absolute atomic E-state index is 13.5. The molecule has 1 aromatic carbocycles. The van der Waals surface area contributed by atoms with Gasteiger partial charge in [0.05, 0.1) is 25.2 Å². The lowest BCUT2D eigenvalue weighted by atomic mass is 9.92. The van der Waals surface area contributed by atoms with Crippen LogP contribution < -0.4 is 53.7 Å². The number of amides is 10. The molecule has 2 aliphatic heterocycles. The van der Waals surface area contributed by atoms with Gasteiger partial charge in [-0.1, -0.05) is 32.4 Å². The number of unbranched alkanes of at least 4 members (excludes halogenated alkanes) is 2. The van der Waals surface area contributed by atoms with E-state index >= 15 is 0 Å². The van der Waals surface area contributed by atoms with Crippen molar-refractivity contribution in [2.45, 2.75) is 114 Å². The molecule has 2 fully saturated rings. The lowest BCUT2D eigenvalue weighted by molar-refractivity contribution is -0.137. The average molecular weight is 923 g/mol. The number of nitrogens with two attached hydrogens (primary N) is 1. The topological polar surface area (TPSA) is 328 Å². The van der Waals surface area contributed by atoms with E-state index in [0.717, 1.165) is 25.0 Å². The summed E-state index contributed by atoms with van der Waals surface area (Å²) in [5.74, 6) is -5.61. The highest BCUT2D eigenvalue weighted by atomic mass is 32.2. The SMILES string of the molecule is CC(C)CC(CC(=O)NO)C(=O)N[C@@H](Cc1ccc(O)cc1)C(=O)N[C@@H](CS)C(=O)NCC(=O)NCC(=O)N[C@@H](CCCCNC(=O)CCCC[C@@H]1SC[C@@H]2NC(=O)N[C@@H]21)C(N)=O. The first kappa shape index (κ1) is 52.1.